The molecule has 2 unspecified atom stereocenters. The number of aliphatic hydroxyl groups excluding tert-OH is 1. The van der Waals surface area contributed by atoms with Crippen LogP contribution in [0.15, 0.2) is 24.3 Å². The summed E-state index contributed by atoms with van der Waals surface area (Å²) < 4.78 is 11.1. The summed E-state index contributed by atoms with van der Waals surface area (Å²) in [5, 5.41) is 10.3. The number of hydrogen-bond acceptors (Lipinski definition) is 4. The Hall–Kier alpha value is -1.26. The molecule has 2 rings (SSSR count). The molecule has 1 aliphatic rings. The highest BCUT2D eigenvalue weighted by Gasteiger charge is 2.40. The minimum atomic E-state index is -0.717. The monoisotopic (exact) mass is 284 g/mol. The minimum absolute atomic E-state index is 0.0491. The topological polar surface area (TPSA) is 55.8 Å². The van der Waals surface area contributed by atoms with E-state index in [0.29, 0.717) is 17.2 Å². The fourth-order valence-electron chi connectivity index (χ4n) is 2.08. The van der Waals surface area contributed by atoms with Crippen molar-refractivity contribution in [2.45, 2.75) is 44.5 Å². The average Bonchev–Trinajstić information content (AvgIpc) is 2.31. The Kier molecular flexibility index (Phi) is 4.02. The van der Waals surface area contributed by atoms with Crippen molar-refractivity contribution >= 4 is 17.6 Å². The molecule has 0 amide bonds. The number of aliphatic hydroxyl groups is 1. The van der Waals surface area contributed by atoms with Crippen LogP contribution in [0.2, 0.25) is 5.02 Å². The zero-order valence-corrected chi connectivity index (χ0v) is 11.7. The lowest BCUT2D eigenvalue weighted by molar-refractivity contribution is -0.174. The summed E-state index contributed by atoms with van der Waals surface area (Å²) in [6.07, 6.45) is -0.710. The van der Waals surface area contributed by atoms with Gasteiger partial charge in [-0.1, -0.05) is 11.6 Å². The highest BCUT2D eigenvalue weighted by Crippen LogP contribution is 2.29. The number of halogens is 1. The van der Waals surface area contributed by atoms with Gasteiger partial charge in [0.05, 0.1) is 12.5 Å². The first kappa shape index (κ1) is 14.2. The molecule has 0 spiro atoms. The quantitative estimate of drug-likeness (QED) is 0.867. The first-order valence-corrected chi connectivity index (χ1v) is 6.57. The zero-order chi connectivity index (χ0) is 14.0. The lowest BCUT2D eigenvalue weighted by Gasteiger charge is -2.37. The highest BCUT2D eigenvalue weighted by molar-refractivity contribution is 6.30. The van der Waals surface area contributed by atoms with Crippen LogP contribution in [-0.2, 0) is 9.53 Å². The highest BCUT2D eigenvalue weighted by atomic mass is 35.5. The first-order chi connectivity index (χ1) is 8.87. The second-order valence-corrected chi connectivity index (χ2v) is 5.67. The maximum atomic E-state index is 11.4. The summed E-state index contributed by atoms with van der Waals surface area (Å²) in [5.41, 5.74) is -0.717. The Morgan fingerprint density at radius 1 is 1.37 bits per heavy atom. The molecule has 19 heavy (non-hydrogen) atoms. The summed E-state index contributed by atoms with van der Waals surface area (Å²) in [6.45, 7) is 3.66. The minimum Gasteiger partial charge on any atom is -0.484 e. The van der Waals surface area contributed by atoms with Crippen LogP contribution in [0.25, 0.3) is 0 Å². The van der Waals surface area contributed by atoms with Crippen LogP contribution in [0.1, 0.15) is 26.7 Å². The predicted molar refractivity (Wildman–Crippen MR) is 71.3 cm³/mol. The zero-order valence-electron chi connectivity index (χ0n) is 10.9. The van der Waals surface area contributed by atoms with E-state index in [0.717, 1.165) is 0 Å². The Labute approximate surface area is 117 Å². The Balaban J connectivity index is 2.08. The SMILES string of the molecule is CC(C)(Oc1ccc(Cl)cc1)C1CC(O)CC(=O)O1. The van der Waals surface area contributed by atoms with Crippen LogP contribution in [-0.4, -0.2) is 28.9 Å². The molecule has 1 fully saturated rings. The molecule has 5 heteroatoms. The van der Waals surface area contributed by atoms with Crippen molar-refractivity contribution in [3.05, 3.63) is 29.3 Å². The van der Waals surface area contributed by atoms with Gasteiger partial charge in [-0.15, -0.1) is 0 Å². The number of cyclic esters (lactones) is 1. The molecule has 4 nitrogen and oxygen atoms in total. The van der Waals surface area contributed by atoms with E-state index in [4.69, 9.17) is 21.1 Å². The van der Waals surface area contributed by atoms with E-state index >= 15 is 0 Å². The number of hydrogen-bond donors (Lipinski definition) is 1. The maximum absolute atomic E-state index is 11.4. The number of carbonyl (C=O) groups excluding carboxylic acids is 1. The second-order valence-electron chi connectivity index (χ2n) is 5.23. The molecule has 0 radical (unpaired) electrons. The second kappa shape index (κ2) is 5.39. The van der Waals surface area contributed by atoms with Crippen molar-refractivity contribution in [1.82, 2.24) is 0 Å². The van der Waals surface area contributed by atoms with Crippen molar-refractivity contribution in [1.29, 1.82) is 0 Å². The van der Waals surface area contributed by atoms with Crippen LogP contribution in [0.3, 0.4) is 0 Å². The van der Waals surface area contributed by atoms with E-state index in [2.05, 4.69) is 0 Å². The molecule has 1 aromatic carbocycles. The average molecular weight is 285 g/mol. The first-order valence-electron chi connectivity index (χ1n) is 6.19. The van der Waals surface area contributed by atoms with Gasteiger partial charge in [0.2, 0.25) is 0 Å². The predicted octanol–water partition coefficient (Wildman–Crippen LogP) is 2.56. The molecule has 1 heterocycles. The third-order valence-corrected chi connectivity index (χ3v) is 3.38. The Bertz CT molecular complexity index is 455. The van der Waals surface area contributed by atoms with Crippen molar-refractivity contribution in [3.63, 3.8) is 0 Å². The van der Waals surface area contributed by atoms with E-state index in [1.165, 1.54) is 0 Å². The van der Waals surface area contributed by atoms with Crippen LogP contribution < -0.4 is 4.74 Å². The molecule has 0 saturated carbocycles. The van der Waals surface area contributed by atoms with Gasteiger partial charge in [0.25, 0.3) is 0 Å². The van der Waals surface area contributed by atoms with Crippen molar-refractivity contribution in [2.75, 3.05) is 0 Å². The van der Waals surface area contributed by atoms with Gasteiger partial charge < -0.3 is 14.6 Å². The van der Waals surface area contributed by atoms with Gasteiger partial charge in [0.15, 0.2) is 0 Å². The van der Waals surface area contributed by atoms with Crippen LogP contribution in [0.5, 0.6) is 5.75 Å². The number of ether oxygens (including phenoxy) is 2. The molecule has 1 aromatic rings. The lowest BCUT2D eigenvalue weighted by Crippen LogP contribution is -2.49. The van der Waals surface area contributed by atoms with E-state index in [1.807, 2.05) is 13.8 Å². The summed E-state index contributed by atoms with van der Waals surface area (Å²) in [5.74, 6) is 0.252. The van der Waals surface area contributed by atoms with Gasteiger partial charge in [-0.25, -0.2) is 0 Å². The molecule has 2 atom stereocenters. The van der Waals surface area contributed by atoms with Gasteiger partial charge >= 0.3 is 5.97 Å². The molecule has 1 saturated heterocycles. The lowest BCUT2D eigenvalue weighted by atomic mass is 9.92. The van der Waals surface area contributed by atoms with E-state index in [9.17, 15) is 9.90 Å². The normalized spacial score (nSPS) is 23.9. The van der Waals surface area contributed by atoms with Gasteiger partial charge in [-0.2, -0.15) is 0 Å². The molecule has 0 aromatic heterocycles. The third-order valence-electron chi connectivity index (χ3n) is 3.13. The summed E-state index contributed by atoms with van der Waals surface area (Å²) >= 11 is 5.81. The molecular formula is C14H17ClO4. The Morgan fingerprint density at radius 3 is 2.58 bits per heavy atom. The Morgan fingerprint density at radius 2 is 2.00 bits per heavy atom. The van der Waals surface area contributed by atoms with Crippen molar-refractivity contribution < 1.29 is 19.4 Å². The molecule has 0 bridgehead atoms. The standard InChI is InChI=1S/C14H17ClO4/c1-14(2,12-7-10(16)8-13(17)18-12)19-11-5-3-9(15)4-6-11/h3-6,10,12,16H,7-8H2,1-2H3. The van der Waals surface area contributed by atoms with Crippen molar-refractivity contribution in [3.8, 4) is 5.75 Å². The largest absolute Gasteiger partial charge is 0.484 e. The number of esters is 1. The summed E-state index contributed by atoms with van der Waals surface area (Å²) in [4.78, 5) is 11.4. The van der Waals surface area contributed by atoms with Gasteiger partial charge in [0.1, 0.15) is 17.5 Å². The van der Waals surface area contributed by atoms with Gasteiger partial charge in [0, 0.05) is 11.4 Å². The fourth-order valence-corrected chi connectivity index (χ4v) is 2.20. The molecule has 1 aliphatic heterocycles. The third kappa shape index (κ3) is 3.61. The van der Waals surface area contributed by atoms with E-state index in [-0.39, 0.29) is 6.42 Å². The van der Waals surface area contributed by atoms with E-state index < -0.39 is 23.8 Å². The van der Waals surface area contributed by atoms with Crippen LogP contribution in [0.4, 0.5) is 0 Å². The maximum Gasteiger partial charge on any atom is 0.308 e. The van der Waals surface area contributed by atoms with Crippen LogP contribution in [0, 0.1) is 0 Å². The number of benzene rings is 1. The fraction of sp³-hybridized carbons (Fsp3) is 0.500. The number of rotatable bonds is 3. The molecule has 104 valence electrons. The molecule has 1 N–H and O–H groups in total. The smallest absolute Gasteiger partial charge is 0.308 e. The molecular weight excluding hydrogens is 268 g/mol. The van der Waals surface area contributed by atoms with Gasteiger partial charge in [-0.3, -0.25) is 4.79 Å². The number of carbonyl (C=O) groups is 1. The molecule has 0 aliphatic carbocycles. The van der Waals surface area contributed by atoms with Crippen LogP contribution >= 0.6 is 11.6 Å². The van der Waals surface area contributed by atoms with E-state index in [1.54, 1.807) is 24.3 Å². The van der Waals surface area contributed by atoms with Crippen molar-refractivity contribution in [2.24, 2.45) is 0 Å². The van der Waals surface area contributed by atoms with Gasteiger partial charge in [-0.05, 0) is 38.1 Å². The summed E-state index contributed by atoms with van der Waals surface area (Å²) in [7, 11) is 0. The summed E-state index contributed by atoms with van der Waals surface area (Å²) in [6, 6.07) is 6.97.